The molecule has 0 saturated heterocycles. The Labute approximate surface area is 280 Å². The second-order valence-electron chi connectivity index (χ2n) is 14.2. The predicted molar refractivity (Wildman–Crippen MR) is 177 cm³/mol. The van der Waals surface area contributed by atoms with Crippen LogP contribution in [0.1, 0.15) is 74.5 Å². The maximum atomic E-state index is 13.0. The van der Waals surface area contributed by atoms with E-state index in [1.54, 1.807) is 13.2 Å². The number of nitrogens with one attached hydrogen (secondary N) is 1. The number of benzene rings is 1. The number of allylic oxidation sites excluding steroid dienone is 1. The van der Waals surface area contributed by atoms with Crippen molar-refractivity contribution in [1.29, 1.82) is 5.26 Å². The smallest absolute Gasteiger partial charge is 0.376 e. The number of esters is 1. The van der Waals surface area contributed by atoms with Gasteiger partial charge in [0, 0.05) is 19.2 Å². The van der Waals surface area contributed by atoms with E-state index in [1.807, 2.05) is 42.1 Å². The van der Waals surface area contributed by atoms with E-state index < -0.39 is 23.3 Å². The predicted octanol–water partition coefficient (Wildman–Crippen LogP) is 5.57. The van der Waals surface area contributed by atoms with Gasteiger partial charge in [-0.3, -0.25) is 9.59 Å². The molecular weight excluding hydrogens is 616 g/mol. The Hall–Kier alpha value is -3.46. The molecule has 1 heterocycles. The standard InChI is InChI=1S/C36H44N4O6S/c1-21(33(43)46-34(44)47-15-12-37)27-10-11-28-26-9-8-24-17-29-23(18-35(24,2)31(26)30(41)19-36(27,28)3)20-39-40(29)25-7-5-6-22(16-25)32(42)38-13-14-45-4/h5-7,16-17,20-21,26-28,30-31,41H,8-11,13-15,18-19H2,1-4H3,(H,38,42)/t21?,26-,27+,28-,30?,31?,35?,36+/m0/s1. The summed E-state index contributed by atoms with van der Waals surface area (Å²) in [5.74, 6) is -0.470. The number of hydrogen-bond acceptors (Lipinski definition) is 9. The minimum absolute atomic E-state index is 0.00289. The molecule has 0 bridgehead atoms. The zero-order valence-electron chi connectivity index (χ0n) is 27.5. The van der Waals surface area contributed by atoms with Crippen molar-refractivity contribution in [3.05, 3.63) is 52.9 Å². The van der Waals surface area contributed by atoms with Gasteiger partial charge in [0.25, 0.3) is 5.91 Å². The Morgan fingerprint density at radius 3 is 2.83 bits per heavy atom. The van der Waals surface area contributed by atoms with Gasteiger partial charge in [0.2, 0.25) is 0 Å². The highest BCUT2D eigenvalue weighted by molar-refractivity contribution is 8.13. The highest BCUT2D eigenvalue weighted by Crippen LogP contribution is 2.67. The first-order chi connectivity index (χ1) is 22.5. The topological polar surface area (TPSA) is 144 Å². The molecule has 0 spiro atoms. The first kappa shape index (κ1) is 33.4. The third-order valence-corrected chi connectivity index (χ3v) is 12.4. The van der Waals surface area contributed by atoms with Gasteiger partial charge < -0.3 is 19.9 Å². The van der Waals surface area contributed by atoms with Crippen molar-refractivity contribution < 1.29 is 29.0 Å². The lowest BCUT2D eigenvalue weighted by Crippen LogP contribution is -2.57. The zero-order valence-corrected chi connectivity index (χ0v) is 28.3. The number of ether oxygens (including phenoxy) is 2. The summed E-state index contributed by atoms with van der Waals surface area (Å²) in [6, 6.07) is 9.37. The summed E-state index contributed by atoms with van der Waals surface area (Å²) in [7, 11) is 1.60. The van der Waals surface area contributed by atoms with Crippen molar-refractivity contribution in [2.45, 2.75) is 65.4 Å². The molecule has 47 heavy (non-hydrogen) atoms. The van der Waals surface area contributed by atoms with E-state index in [4.69, 9.17) is 19.8 Å². The number of methoxy groups -OCH3 is 1. The molecule has 4 unspecified atom stereocenters. The number of nitriles is 1. The van der Waals surface area contributed by atoms with Gasteiger partial charge >= 0.3 is 11.3 Å². The number of carbonyl (C=O) groups excluding carboxylic acids is 3. The van der Waals surface area contributed by atoms with Crippen LogP contribution in [0.4, 0.5) is 4.79 Å². The van der Waals surface area contributed by atoms with Crippen molar-refractivity contribution >= 4 is 35.0 Å². The molecule has 6 rings (SSSR count). The molecule has 0 radical (unpaired) electrons. The molecule has 1 aromatic carbocycles. The van der Waals surface area contributed by atoms with Crippen LogP contribution in [0, 0.1) is 51.8 Å². The van der Waals surface area contributed by atoms with E-state index in [2.05, 4.69) is 25.2 Å². The molecule has 1 aromatic heterocycles. The summed E-state index contributed by atoms with van der Waals surface area (Å²) >= 11 is 0.698. The summed E-state index contributed by atoms with van der Waals surface area (Å²) < 4.78 is 12.1. The third-order valence-electron chi connectivity index (χ3n) is 11.9. The number of aromatic nitrogens is 2. The van der Waals surface area contributed by atoms with Crippen molar-refractivity contribution in [2.24, 2.45) is 40.4 Å². The van der Waals surface area contributed by atoms with E-state index in [-0.39, 0.29) is 34.3 Å². The first-order valence-corrected chi connectivity index (χ1v) is 17.6. The molecule has 250 valence electrons. The van der Waals surface area contributed by atoms with Crippen LogP contribution in [0.25, 0.3) is 11.8 Å². The van der Waals surface area contributed by atoms with E-state index >= 15 is 0 Å². The fourth-order valence-electron chi connectivity index (χ4n) is 9.86. The fourth-order valence-corrected chi connectivity index (χ4v) is 10.2. The zero-order chi connectivity index (χ0) is 33.5. The number of aliphatic hydroxyl groups is 1. The summed E-state index contributed by atoms with van der Waals surface area (Å²) in [6.07, 6.45) is 8.78. The third kappa shape index (κ3) is 5.93. The first-order valence-electron chi connectivity index (χ1n) is 16.6. The second kappa shape index (κ2) is 13.2. The van der Waals surface area contributed by atoms with Gasteiger partial charge in [-0.25, -0.2) is 9.48 Å². The Kier molecular flexibility index (Phi) is 9.40. The Balaban J connectivity index is 1.21. The highest BCUT2D eigenvalue weighted by atomic mass is 32.2. The number of hydrogen-bond donors (Lipinski definition) is 2. The summed E-state index contributed by atoms with van der Waals surface area (Å²) in [6.45, 7) is 7.26. The largest absolute Gasteiger partial charge is 0.393 e. The van der Waals surface area contributed by atoms with Gasteiger partial charge in [-0.2, -0.15) is 10.4 Å². The second-order valence-corrected chi connectivity index (χ2v) is 15.1. The minimum Gasteiger partial charge on any atom is -0.393 e. The van der Waals surface area contributed by atoms with Crippen molar-refractivity contribution in [2.75, 3.05) is 26.0 Å². The summed E-state index contributed by atoms with van der Waals surface area (Å²) in [5.41, 5.74) is 4.41. The van der Waals surface area contributed by atoms with E-state index in [0.29, 0.717) is 48.7 Å². The lowest BCUT2D eigenvalue weighted by molar-refractivity contribution is -0.151. The van der Waals surface area contributed by atoms with Crippen LogP contribution < -0.4 is 5.32 Å². The number of nitrogens with zero attached hydrogens (tertiary/aromatic N) is 3. The van der Waals surface area contributed by atoms with Gasteiger partial charge in [0.15, 0.2) is 0 Å². The number of carbonyl (C=O) groups is 3. The summed E-state index contributed by atoms with van der Waals surface area (Å²) in [5, 5.41) is 27.7. The van der Waals surface area contributed by atoms with Gasteiger partial charge in [0.1, 0.15) is 0 Å². The average molecular weight is 661 g/mol. The molecule has 11 heteroatoms. The monoisotopic (exact) mass is 660 g/mol. The van der Waals surface area contributed by atoms with Crippen molar-refractivity contribution in [3.8, 4) is 11.8 Å². The average Bonchev–Trinajstić information content (AvgIpc) is 3.61. The van der Waals surface area contributed by atoms with Crippen LogP contribution in [-0.2, 0) is 20.7 Å². The molecule has 2 N–H and O–H groups in total. The van der Waals surface area contributed by atoms with Crippen LogP contribution in [0.2, 0.25) is 0 Å². The van der Waals surface area contributed by atoms with Gasteiger partial charge in [0.05, 0.1) is 48.0 Å². The normalized spacial score (nSPS) is 31.2. The fraction of sp³-hybridized carbons (Fsp3) is 0.583. The Morgan fingerprint density at radius 1 is 1.26 bits per heavy atom. The molecule has 10 nitrogen and oxygen atoms in total. The lowest BCUT2D eigenvalue weighted by atomic mass is 9.45. The minimum atomic E-state index is -0.734. The number of thioether (sulfide) groups is 1. The van der Waals surface area contributed by atoms with Gasteiger partial charge in [-0.15, -0.1) is 0 Å². The van der Waals surface area contributed by atoms with Crippen LogP contribution in [0.3, 0.4) is 0 Å². The number of rotatable bonds is 8. The molecule has 4 aliphatic carbocycles. The lowest BCUT2D eigenvalue weighted by Gasteiger charge is -2.60. The number of fused-ring (bicyclic) bond motifs is 6. The number of aliphatic hydroxyl groups excluding tert-OH is 1. The Morgan fingerprint density at radius 2 is 2.06 bits per heavy atom. The van der Waals surface area contributed by atoms with E-state index in [0.717, 1.165) is 49.0 Å². The molecule has 3 saturated carbocycles. The van der Waals surface area contributed by atoms with Crippen LogP contribution in [0.15, 0.2) is 36.0 Å². The molecule has 4 aliphatic rings. The van der Waals surface area contributed by atoms with Gasteiger partial charge in [-0.05, 0) is 115 Å². The van der Waals surface area contributed by atoms with Crippen LogP contribution >= 0.6 is 11.8 Å². The van der Waals surface area contributed by atoms with Crippen LogP contribution in [-0.4, -0.2) is 64.2 Å². The SMILES string of the molecule is COCCNC(=O)c1cccc(-n2ncc3c2C=C2CC[C@@H]4C(C(O)C[C@]5(C)[C@@H](C(C)C(=O)OC(=O)SCC#N)CC[C@@H]45)C2(C)C3)c1. The maximum Gasteiger partial charge on any atom is 0.376 e. The maximum absolute atomic E-state index is 13.0. The van der Waals surface area contributed by atoms with E-state index in [1.165, 1.54) is 5.57 Å². The molecular formula is C36H44N4O6S. The Bertz CT molecular complexity index is 1630. The quantitative estimate of drug-likeness (QED) is 0.211. The van der Waals surface area contributed by atoms with Crippen molar-refractivity contribution in [1.82, 2.24) is 15.1 Å². The molecule has 1 amide bonds. The highest BCUT2D eigenvalue weighted by Gasteiger charge is 2.63. The number of amides is 1. The molecule has 8 atom stereocenters. The van der Waals surface area contributed by atoms with E-state index in [9.17, 15) is 19.5 Å². The van der Waals surface area contributed by atoms with Crippen molar-refractivity contribution in [3.63, 3.8) is 0 Å². The van der Waals surface area contributed by atoms with Crippen LogP contribution in [0.5, 0.6) is 0 Å². The van der Waals surface area contributed by atoms with Gasteiger partial charge in [-0.1, -0.05) is 32.4 Å². The molecule has 0 aliphatic heterocycles. The molecule has 3 fully saturated rings. The summed E-state index contributed by atoms with van der Waals surface area (Å²) in [4.78, 5) is 37.8. The molecule has 2 aromatic rings.